The zero-order chi connectivity index (χ0) is 11.7. The Labute approximate surface area is 101 Å². The van der Waals surface area contributed by atoms with E-state index in [2.05, 4.69) is 6.20 Å². The van der Waals surface area contributed by atoms with Crippen LogP contribution < -0.4 is 0 Å². The SMILES string of the molecule is OCc1cccn2cc(C3CCCCC3)nc12. The molecule has 2 aromatic heterocycles. The third kappa shape index (κ3) is 1.95. The van der Waals surface area contributed by atoms with Crippen molar-refractivity contribution in [2.45, 2.75) is 44.6 Å². The van der Waals surface area contributed by atoms with Crippen LogP contribution in [-0.2, 0) is 6.61 Å². The van der Waals surface area contributed by atoms with Gasteiger partial charge in [0.25, 0.3) is 0 Å². The summed E-state index contributed by atoms with van der Waals surface area (Å²) in [6.07, 6.45) is 10.7. The smallest absolute Gasteiger partial charge is 0.142 e. The van der Waals surface area contributed by atoms with Crippen molar-refractivity contribution >= 4 is 5.65 Å². The number of hydrogen-bond donors (Lipinski definition) is 1. The van der Waals surface area contributed by atoms with Gasteiger partial charge in [-0.05, 0) is 18.9 Å². The fraction of sp³-hybridized carbons (Fsp3) is 0.500. The van der Waals surface area contributed by atoms with Crippen LogP contribution in [0.3, 0.4) is 0 Å². The molecule has 0 bridgehead atoms. The average molecular weight is 230 g/mol. The van der Waals surface area contributed by atoms with E-state index in [0.717, 1.165) is 11.2 Å². The van der Waals surface area contributed by atoms with Gasteiger partial charge in [0, 0.05) is 23.9 Å². The molecule has 1 aliphatic carbocycles. The molecule has 1 aliphatic rings. The minimum Gasteiger partial charge on any atom is -0.392 e. The maximum absolute atomic E-state index is 9.30. The van der Waals surface area contributed by atoms with Crippen LogP contribution in [0.2, 0.25) is 0 Å². The first-order chi connectivity index (χ1) is 8.38. The number of imidazole rings is 1. The van der Waals surface area contributed by atoms with Crippen LogP contribution in [0.4, 0.5) is 0 Å². The zero-order valence-corrected chi connectivity index (χ0v) is 9.97. The number of aliphatic hydroxyl groups is 1. The number of fused-ring (bicyclic) bond motifs is 1. The minimum absolute atomic E-state index is 0.0610. The van der Waals surface area contributed by atoms with E-state index >= 15 is 0 Å². The Kier molecular flexibility index (Phi) is 2.85. The van der Waals surface area contributed by atoms with Gasteiger partial charge in [-0.2, -0.15) is 0 Å². The molecule has 1 fully saturated rings. The van der Waals surface area contributed by atoms with E-state index in [9.17, 15) is 5.11 Å². The van der Waals surface area contributed by atoms with Crippen molar-refractivity contribution in [2.75, 3.05) is 0 Å². The third-order valence-electron chi connectivity index (χ3n) is 3.78. The summed E-state index contributed by atoms with van der Waals surface area (Å²) in [6.45, 7) is 0.0610. The second kappa shape index (κ2) is 4.49. The molecule has 0 saturated heterocycles. The van der Waals surface area contributed by atoms with Crippen molar-refractivity contribution in [1.82, 2.24) is 9.38 Å². The first-order valence-corrected chi connectivity index (χ1v) is 6.46. The van der Waals surface area contributed by atoms with Gasteiger partial charge in [-0.3, -0.25) is 0 Å². The summed E-state index contributed by atoms with van der Waals surface area (Å²) in [5.41, 5.74) is 3.02. The van der Waals surface area contributed by atoms with E-state index in [1.54, 1.807) is 0 Å². The summed E-state index contributed by atoms with van der Waals surface area (Å²) < 4.78 is 2.04. The molecule has 3 rings (SSSR count). The third-order valence-corrected chi connectivity index (χ3v) is 3.78. The Balaban J connectivity index is 2.00. The number of pyridine rings is 1. The van der Waals surface area contributed by atoms with Gasteiger partial charge in [-0.25, -0.2) is 4.98 Å². The van der Waals surface area contributed by atoms with Gasteiger partial charge in [0.1, 0.15) is 5.65 Å². The van der Waals surface area contributed by atoms with Crippen LogP contribution in [0.1, 0.15) is 49.3 Å². The molecule has 1 saturated carbocycles. The van der Waals surface area contributed by atoms with Crippen molar-refractivity contribution in [2.24, 2.45) is 0 Å². The lowest BCUT2D eigenvalue weighted by Crippen LogP contribution is -2.04. The summed E-state index contributed by atoms with van der Waals surface area (Å²) >= 11 is 0. The van der Waals surface area contributed by atoms with E-state index < -0.39 is 0 Å². The molecule has 2 aromatic rings. The van der Waals surface area contributed by atoms with Crippen LogP contribution in [-0.4, -0.2) is 14.5 Å². The van der Waals surface area contributed by atoms with Gasteiger partial charge in [0.15, 0.2) is 0 Å². The summed E-state index contributed by atoms with van der Waals surface area (Å²) in [5.74, 6) is 0.621. The Morgan fingerprint density at radius 3 is 2.88 bits per heavy atom. The monoisotopic (exact) mass is 230 g/mol. The van der Waals surface area contributed by atoms with Crippen LogP contribution in [0, 0.1) is 0 Å². The Bertz CT molecular complexity index is 512. The Hall–Kier alpha value is -1.35. The van der Waals surface area contributed by atoms with E-state index in [4.69, 9.17) is 4.98 Å². The molecule has 1 N–H and O–H groups in total. The molecule has 90 valence electrons. The van der Waals surface area contributed by atoms with Gasteiger partial charge in [0.2, 0.25) is 0 Å². The topological polar surface area (TPSA) is 37.5 Å². The first kappa shape index (κ1) is 10.8. The Morgan fingerprint density at radius 1 is 1.29 bits per heavy atom. The van der Waals surface area contributed by atoms with Crippen LogP contribution in [0.15, 0.2) is 24.5 Å². The quantitative estimate of drug-likeness (QED) is 0.861. The lowest BCUT2D eigenvalue weighted by Gasteiger charge is -2.19. The number of aliphatic hydroxyl groups excluding tert-OH is 1. The molecule has 0 atom stereocenters. The second-order valence-electron chi connectivity index (χ2n) is 4.92. The van der Waals surface area contributed by atoms with Crippen molar-refractivity contribution in [3.05, 3.63) is 35.8 Å². The van der Waals surface area contributed by atoms with E-state index in [0.29, 0.717) is 5.92 Å². The predicted molar refractivity (Wildman–Crippen MR) is 66.9 cm³/mol. The van der Waals surface area contributed by atoms with Gasteiger partial charge in [-0.15, -0.1) is 0 Å². The van der Waals surface area contributed by atoms with Crippen LogP contribution in [0.25, 0.3) is 5.65 Å². The largest absolute Gasteiger partial charge is 0.392 e. The summed E-state index contributed by atoms with van der Waals surface area (Å²) in [4.78, 5) is 4.71. The average Bonchev–Trinajstić information content (AvgIpc) is 2.83. The number of rotatable bonds is 2. The Morgan fingerprint density at radius 2 is 2.12 bits per heavy atom. The lowest BCUT2D eigenvalue weighted by molar-refractivity contribution is 0.282. The van der Waals surface area contributed by atoms with E-state index in [1.807, 2.05) is 22.7 Å². The van der Waals surface area contributed by atoms with Gasteiger partial charge < -0.3 is 9.51 Å². The highest BCUT2D eigenvalue weighted by atomic mass is 16.3. The number of nitrogens with zero attached hydrogens (tertiary/aromatic N) is 2. The van der Waals surface area contributed by atoms with Gasteiger partial charge >= 0.3 is 0 Å². The van der Waals surface area contributed by atoms with Crippen molar-refractivity contribution in [1.29, 1.82) is 0 Å². The molecular weight excluding hydrogens is 212 g/mol. The second-order valence-corrected chi connectivity index (χ2v) is 4.92. The molecule has 0 radical (unpaired) electrons. The molecule has 3 nitrogen and oxygen atoms in total. The van der Waals surface area contributed by atoms with Gasteiger partial charge in [0.05, 0.1) is 12.3 Å². The van der Waals surface area contributed by atoms with Crippen molar-refractivity contribution in [3.63, 3.8) is 0 Å². The fourth-order valence-corrected chi connectivity index (χ4v) is 2.81. The van der Waals surface area contributed by atoms with E-state index in [1.165, 1.54) is 37.8 Å². The first-order valence-electron chi connectivity index (χ1n) is 6.46. The highest BCUT2D eigenvalue weighted by molar-refractivity contribution is 5.48. The van der Waals surface area contributed by atoms with Gasteiger partial charge in [-0.1, -0.05) is 25.3 Å². The highest BCUT2D eigenvalue weighted by Crippen LogP contribution is 2.32. The van der Waals surface area contributed by atoms with Crippen LogP contribution >= 0.6 is 0 Å². The summed E-state index contributed by atoms with van der Waals surface area (Å²) in [7, 11) is 0. The molecule has 0 unspecified atom stereocenters. The normalized spacial score (nSPS) is 17.7. The summed E-state index contributed by atoms with van der Waals surface area (Å²) in [6, 6.07) is 3.90. The molecule has 17 heavy (non-hydrogen) atoms. The van der Waals surface area contributed by atoms with Crippen molar-refractivity contribution < 1.29 is 5.11 Å². The molecule has 0 aliphatic heterocycles. The predicted octanol–water partition coefficient (Wildman–Crippen LogP) is 2.87. The fourth-order valence-electron chi connectivity index (χ4n) is 2.81. The lowest BCUT2D eigenvalue weighted by atomic mass is 9.87. The zero-order valence-electron chi connectivity index (χ0n) is 9.97. The maximum atomic E-state index is 9.30. The van der Waals surface area contributed by atoms with E-state index in [-0.39, 0.29) is 6.61 Å². The number of aromatic nitrogens is 2. The summed E-state index contributed by atoms with van der Waals surface area (Å²) in [5, 5.41) is 9.30. The number of hydrogen-bond acceptors (Lipinski definition) is 2. The molecular formula is C14H18N2O. The van der Waals surface area contributed by atoms with Crippen LogP contribution in [0.5, 0.6) is 0 Å². The maximum Gasteiger partial charge on any atom is 0.142 e. The minimum atomic E-state index is 0.0610. The molecule has 0 spiro atoms. The van der Waals surface area contributed by atoms with Crippen molar-refractivity contribution in [3.8, 4) is 0 Å². The highest BCUT2D eigenvalue weighted by Gasteiger charge is 2.18. The molecule has 3 heteroatoms. The standard InChI is InChI=1S/C14H18N2O/c17-10-12-7-4-8-16-9-13(15-14(12)16)11-5-2-1-3-6-11/h4,7-9,11,17H,1-3,5-6,10H2. The molecule has 0 amide bonds. The molecule has 2 heterocycles. The molecule has 0 aromatic carbocycles.